The van der Waals surface area contributed by atoms with Gasteiger partial charge in [0.2, 0.25) is 5.91 Å². The number of aryl methyl sites for hydroxylation is 2. The Balaban J connectivity index is 1.61. The summed E-state index contributed by atoms with van der Waals surface area (Å²) in [6.07, 6.45) is 1.69. The van der Waals surface area contributed by atoms with Crippen LogP contribution >= 0.6 is 23.4 Å². The van der Waals surface area contributed by atoms with E-state index in [9.17, 15) is 4.79 Å². The molecule has 0 radical (unpaired) electrons. The Labute approximate surface area is 174 Å². The smallest absolute Gasteiger partial charge is 0.250 e. The quantitative estimate of drug-likeness (QED) is 0.340. The van der Waals surface area contributed by atoms with Gasteiger partial charge in [-0.05, 0) is 63.2 Å². The van der Waals surface area contributed by atoms with Gasteiger partial charge in [0, 0.05) is 32.6 Å². The molecule has 0 saturated heterocycles. The number of aromatic nitrogens is 1. The summed E-state index contributed by atoms with van der Waals surface area (Å²) in [6.45, 7) is 6.18. The van der Waals surface area contributed by atoms with Crippen molar-refractivity contribution >= 4 is 35.5 Å². The summed E-state index contributed by atoms with van der Waals surface area (Å²) in [4.78, 5) is 13.0. The number of carbonyl (C=O) groups excluding carboxylic acids is 1. The van der Waals surface area contributed by atoms with Gasteiger partial charge in [-0.25, -0.2) is 5.43 Å². The van der Waals surface area contributed by atoms with Gasteiger partial charge in [-0.15, -0.1) is 11.8 Å². The van der Waals surface area contributed by atoms with Crippen LogP contribution in [-0.4, -0.2) is 22.4 Å². The zero-order chi connectivity index (χ0) is 20.1. The van der Waals surface area contributed by atoms with Gasteiger partial charge in [-0.1, -0.05) is 29.3 Å². The average Bonchev–Trinajstić information content (AvgIpc) is 2.96. The standard InChI is InChI=1S/C22H22ClN3OS/c1-15-4-8-20(9-5-15)26-16(2)12-18(17(26)3)13-24-25-22(27)14-28-21-10-6-19(23)7-11-21/h4-13H,14H2,1-3H3,(H,25,27)/b24-13+. The predicted octanol–water partition coefficient (Wildman–Crippen LogP) is 5.30. The van der Waals surface area contributed by atoms with Crippen molar-refractivity contribution in [2.75, 3.05) is 5.75 Å². The maximum atomic E-state index is 12.0. The van der Waals surface area contributed by atoms with Crippen molar-refractivity contribution < 1.29 is 4.79 Å². The molecule has 144 valence electrons. The minimum Gasteiger partial charge on any atom is -0.318 e. The predicted molar refractivity (Wildman–Crippen MR) is 118 cm³/mol. The number of nitrogens with one attached hydrogen (secondary N) is 1. The van der Waals surface area contributed by atoms with Crippen LogP contribution in [0.3, 0.4) is 0 Å². The van der Waals surface area contributed by atoms with E-state index >= 15 is 0 Å². The Morgan fingerprint density at radius 3 is 2.46 bits per heavy atom. The molecule has 0 aliphatic carbocycles. The molecule has 0 saturated carbocycles. The van der Waals surface area contributed by atoms with Crippen LogP contribution in [-0.2, 0) is 4.79 Å². The largest absolute Gasteiger partial charge is 0.318 e. The fourth-order valence-electron chi connectivity index (χ4n) is 2.90. The third-order valence-corrected chi connectivity index (χ3v) is 5.60. The first kappa shape index (κ1) is 20.2. The summed E-state index contributed by atoms with van der Waals surface area (Å²) < 4.78 is 2.18. The minimum atomic E-state index is -0.149. The van der Waals surface area contributed by atoms with Crippen LogP contribution in [0.25, 0.3) is 5.69 Å². The first-order chi connectivity index (χ1) is 13.4. The highest BCUT2D eigenvalue weighted by atomic mass is 35.5. The van der Waals surface area contributed by atoms with Crippen LogP contribution < -0.4 is 5.43 Å². The second-order valence-electron chi connectivity index (χ2n) is 6.53. The molecule has 3 aromatic rings. The van der Waals surface area contributed by atoms with Crippen molar-refractivity contribution in [1.82, 2.24) is 9.99 Å². The molecule has 0 atom stereocenters. The molecule has 0 unspecified atom stereocenters. The Kier molecular flexibility index (Phi) is 6.60. The second kappa shape index (κ2) is 9.13. The zero-order valence-electron chi connectivity index (χ0n) is 16.1. The van der Waals surface area contributed by atoms with Gasteiger partial charge < -0.3 is 4.57 Å². The molecular formula is C22H22ClN3OS. The summed E-state index contributed by atoms with van der Waals surface area (Å²) in [6, 6.07) is 17.9. The van der Waals surface area contributed by atoms with E-state index in [0.717, 1.165) is 27.5 Å². The van der Waals surface area contributed by atoms with E-state index < -0.39 is 0 Å². The molecule has 1 amide bonds. The summed E-state index contributed by atoms with van der Waals surface area (Å²) in [5.74, 6) is 0.144. The third kappa shape index (κ3) is 5.06. The van der Waals surface area contributed by atoms with Gasteiger partial charge in [0.05, 0.1) is 12.0 Å². The summed E-state index contributed by atoms with van der Waals surface area (Å²) >= 11 is 7.31. The number of rotatable bonds is 6. The van der Waals surface area contributed by atoms with Gasteiger partial charge in [0.25, 0.3) is 0 Å². The number of hydrazone groups is 1. The number of thioether (sulfide) groups is 1. The van der Waals surface area contributed by atoms with E-state index in [-0.39, 0.29) is 5.91 Å². The summed E-state index contributed by atoms with van der Waals surface area (Å²) in [5, 5.41) is 4.80. The van der Waals surface area contributed by atoms with Gasteiger partial charge in [-0.2, -0.15) is 5.10 Å². The highest BCUT2D eigenvalue weighted by molar-refractivity contribution is 8.00. The van der Waals surface area contributed by atoms with E-state index in [4.69, 9.17) is 11.6 Å². The minimum absolute atomic E-state index is 0.149. The molecule has 1 heterocycles. The van der Waals surface area contributed by atoms with Crippen LogP contribution in [0.1, 0.15) is 22.5 Å². The lowest BCUT2D eigenvalue weighted by Gasteiger charge is -2.09. The molecule has 28 heavy (non-hydrogen) atoms. The third-order valence-electron chi connectivity index (χ3n) is 4.34. The van der Waals surface area contributed by atoms with E-state index in [1.807, 2.05) is 31.2 Å². The lowest BCUT2D eigenvalue weighted by molar-refractivity contribution is -0.118. The van der Waals surface area contributed by atoms with Gasteiger partial charge in [-0.3, -0.25) is 4.79 Å². The summed E-state index contributed by atoms with van der Waals surface area (Å²) in [7, 11) is 0. The van der Waals surface area contributed by atoms with Crippen molar-refractivity contribution in [2.24, 2.45) is 5.10 Å². The van der Waals surface area contributed by atoms with Crippen LogP contribution in [0.15, 0.2) is 64.6 Å². The number of halogens is 1. The molecule has 0 fully saturated rings. The van der Waals surface area contributed by atoms with Gasteiger partial charge in [0.15, 0.2) is 0 Å². The molecule has 1 aromatic heterocycles. The van der Waals surface area contributed by atoms with Crippen molar-refractivity contribution in [2.45, 2.75) is 25.7 Å². The number of hydrogen-bond acceptors (Lipinski definition) is 3. The molecule has 4 nitrogen and oxygen atoms in total. The molecule has 2 aromatic carbocycles. The van der Waals surface area contributed by atoms with Crippen LogP contribution in [0.4, 0.5) is 0 Å². The topological polar surface area (TPSA) is 46.4 Å². The number of benzene rings is 2. The first-order valence-corrected chi connectivity index (χ1v) is 10.3. The van der Waals surface area contributed by atoms with E-state index in [0.29, 0.717) is 10.8 Å². The molecular weight excluding hydrogens is 390 g/mol. The Morgan fingerprint density at radius 2 is 1.79 bits per heavy atom. The molecule has 0 bridgehead atoms. The number of amides is 1. The molecule has 0 spiro atoms. The SMILES string of the molecule is Cc1ccc(-n2c(C)cc(/C=N/NC(=O)CSc3ccc(Cl)cc3)c2C)cc1. The van der Waals surface area contributed by atoms with Crippen molar-refractivity contribution in [3.05, 3.63) is 82.1 Å². The number of hydrogen-bond donors (Lipinski definition) is 1. The van der Waals surface area contributed by atoms with Crippen molar-refractivity contribution in [3.63, 3.8) is 0 Å². The monoisotopic (exact) mass is 411 g/mol. The maximum Gasteiger partial charge on any atom is 0.250 e. The number of nitrogens with zero attached hydrogens (tertiary/aromatic N) is 2. The Hall–Kier alpha value is -2.50. The second-order valence-corrected chi connectivity index (χ2v) is 8.02. The van der Waals surface area contributed by atoms with Gasteiger partial charge >= 0.3 is 0 Å². The molecule has 6 heteroatoms. The van der Waals surface area contributed by atoms with E-state index in [1.165, 1.54) is 17.3 Å². The van der Waals surface area contributed by atoms with Crippen LogP contribution in [0, 0.1) is 20.8 Å². The maximum absolute atomic E-state index is 12.0. The molecule has 1 N–H and O–H groups in total. The molecule has 0 aliphatic heterocycles. The number of carbonyl (C=O) groups is 1. The Morgan fingerprint density at radius 1 is 1.11 bits per heavy atom. The van der Waals surface area contributed by atoms with E-state index in [2.05, 4.69) is 59.3 Å². The van der Waals surface area contributed by atoms with E-state index in [1.54, 1.807) is 6.21 Å². The van der Waals surface area contributed by atoms with Crippen LogP contribution in [0.2, 0.25) is 5.02 Å². The average molecular weight is 412 g/mol. The van der Waals surface area contributed by atoms with Gasteiger partial charge in [0.1, 0.15) is 0 Å². The van der Waals surface area contributed by atoms with Crippen LogP contribution in [0.5, 0.6) is 0 Å². The fraction of sp³-hybridized carbons (Fsp3) is 0.182. The van der Waals surface area contributed by atoms with Crippen molar-refractivity contribution in [1.29, 1.82) is 0 Å². The lowest BCUT2D eigenvalue weighted by Crippen LogP contribution is -2.19. The first-order valence-electron chi connectivity index (χ1n) is 8.90. The molecule has 0 aliphatic rings. The fourth-order valence-corrected chi connectivity index (χ4v) is 3.71. The summed E-state index contributed by atoms with van der Waals surface area (Å²) in [5.41, 5.74) is 8.11. The normalized spacial score (nSPS) is 11.1. The zero-order valence-corrected chi connectivity index (χ0v) is 17.6. The lowest BCUT2D eigenvalue weighted by atomic mass is 10.2. The Bertz CT molecular complexity index is 992. The van der Waals surface area contributed by atoms with Crippen molar-refractivity contribution in [3.8, 4) is 5.69 Å². The molecule has 3 rings (SSSR count). The highest BCUT2D eigenvalue weighted by Gasteiger charge is 2.09. The highest BCUT2D eigenvalue weighted by Crippen LogP contribution is 2.21.